The maximum Gasteiger partial charge on any atom is 0.147 e. The Kier molecular flexibility index (Phi) is 3.61. The predicted molar refractivity (Wildman–Crippen MR) is 85.0 cm³/mol. The first-order chi connectivity index (χ1) is 9.66. The normalized spacial score (nSPS) is 14.8. The fourth-order valence-corrected chi connectivity index (χ4v) is 3.37. The van der Waals surface area contributed by atoms with E-state index in [2.05, 4.69) is 34.2 Å². The van der Waals surface area contributed by atoms with Crippen molar-refractivity contribution >= 4 is 22.4 Å². The molecule has 0 aliphatic heterocycles. The number of hydrogen-bond acceptors (Lipinski definition) is 5. The topological polar surface area (TPSA) is 55.0 Å². The van der Waals surface area contributed by atoms with Crippen LogP contribution in [0.5, 0.6) is 0 Å². The molecule has 4 nitrogen and oxygen atoms in total. The zero-order valence-electron chi connectivity index (χ0n) is 11.9. The Bertz CT molecular complexity index is 575. The van der Waals surface area contributed by atoms with Crippen LogP contribution < -0.4 is 10.6 Å². The second kappa shape index (κ2) is 5.40. The summed E-state index contributed by atoms with van der Waals surface area (Å²) in [5.74, 6) is 1.24. The van der Waals surface area contributed by atoms with Crippen LogP contribution in [0.2, 0.25) is 0 Å². The highest BCUT2D eigenvalue weighted by Gasteiger charge is 2.33. The average molecular weight is 288 g/mol. The third-order valence-electron chi connectivity index (χ3n) is 3.46. The van der Waals surface area contributed by atoms with Crippen molar-refractivity contribution in [2.75, 3.05) is 17.2 Å². The van der Waals surface area contributed by atoms with Gasteiger partial charge in [-0.2, -0.15) is 4.37 Å². The number of hydrogen-bond donors (Lipinski definition) is 1. The molecular formula is C15H20N4S. The predicted octanol–water partition coefficient (Wildman–Crippen LogP) is 3.41. The van der Waals surface area contributed by atoms with Crippen LogP contribution >= 0.6 is 11.5 Å². The van der Waals surface area contributed by atoms with E-state index in [1.807, 2.05) is 12.3 Å². The molecule has 0 unspecified atom stereocenters. The summed E-state index contributed by atoms with van der Waals surface area (Å²) in [5.41, 5.74) is 8.22. The molecular weight excluding hydrogens is 268 g/mol. The van der Waals surface area contributed by atoms with Gasteiger partial charge in [-0.05, 0) is 36.4 Å². The summed E-state index contributed by atoms with van der Waals surface area (Å²) >= 11 is 1.51. The van der Waals surface area contributed by atoms with Crippen molar-refractivity contribution in [3.63, 3.8) is 0 Å². The molecule has 1 fully saturated rings. The number of pyridine rings is 1. The van der Waals surface area contributed by atoms with E-state index < -0.39 is 0 Å². The van der Waals surface area contributed by atoms with E-state index in [1.165, 1.54) is 29.4 Å². The van der Waals surface area contributed by atoms with Gasteiger partial charge in [-0.15, -0.1) is 0 Å². The molecule has 1 aliphatic carbocycles. The summed E-state index contributed by atoms with van der Waals surface area (Å²) in [5, 5.41) is 1.20. The van der Waals surface area contributed by atoms with Crippen molar-refractivity contribution in [1.82, 2.24) is 9.36 Å². The molecule has 0 saturated heterocycles. The van der Waals surface area contributed by atoms with Gasteiger partial charge in [0.2, 0.25) is 0 Å². The van der Waals surface area contributed by atoms with E-state index in [0.29, 0.717) is 17.8 Å². The Balaban J connectivity index is 2.01. The smallest absolute Gasteiger partial charge is 0.147 e. The molecule has 2 heterocycles. The SMILES string of the molecule is CC(C)CN(c1snc(N)c1-c1cccnc1)C1CC1. The van der Waals surface area contributed by atoms with E-state index >= 15 is 0 Å². The first kappa shape index (κ1) is 13.4. The van der Waals surface area contributed by atoms with E-state index in [1.54, 1.807) is 6.20 Å². The lowest BCUT2D eigenvalue weighted by molar-refractivity contribution is 0.610. The lowest BCUT2D eigenvalue weighted by atomic mass is 10.1. The van der Waals surface area contributed by atoms with Gasteiger partial charge in [0.25, 0.3) is 0 Å². The van der Waals surface area contributed by atoms with Crippen molar-refractivity contribution in [2.45, 2.75) is 32.7 Å². The number of rotatable bonds is 5. The zero-order chi connectivity index (χ0) is 14.1. The molecule has 0 amide bonds. The maximum atomic E-state index is 6.11. The van der Waals surface area contributed by atoms with Crippen molar-refractivity contribution in [1.29, 1.82) is 0 Å². The summed E-state index contributed by atoms with van der Waals surface area (Å²) in [6.07, 6.45) is 6.20. The fraction of sp³-hybridized carbons (Fsp3) is 0.467. The van der Waals surface area contributed by atoms with Crippen LogP contribution in [0.1, 0.15) is 26.7 Å². The zero-order valence-corrected chi connectivity index (χ0v) is 12.7. The van der Waals surface area contributed by atoms with E-state index in [0.717, 1.165) is 17.7 Å². The number of anilines is 2. The number of nitrogens with zero attached hydrogens (tertiary/aromatic N) is 3. The maximum absolute atomic E-state index is 6.11. The average Bonchev–Trinajstić information content (AvgIpc) is 3.20. The molecule has 1 aliphatic rings. The second-order valence-corrected chi connectivity index (χ2v) is 6.52. The quantitative estimate of drug-likeness (QED) is 0.916. The molecule has 0 bridgehead atoms. The Hall–Kier alpha value is -1.62. The Morgan fingerprint density at radius 2 is 2.25 bits per heavy atom. The van der Waals surface area contributed by atoms with Crippen molar-refractivity contribution in [3.8, 4) is 11.1 Å². The first-order valence-corrected chi connectivity index (χ1v) is 7.86. The highest BCUT2D eigenvalue weighted by molar-refractivity contribution is 7.11. The van der Waals surface area contributed by atoms with Crippen LogP contribution in [0.4, 0.5) is 10.8 Å². The largest absolute Gasteiger partial charge is 0.382 e. The van der Waals surface area contributed by atoms with Crippen LogP contribution in [0.15, 0.2) is 24.5 Å². The lowest BCUT2D eigenvalue weighted by Crippen LogP contribution is -2.29. The third-order valence-corrected chi connectivity index (χ3v) is 4.36. The van der Waals surface area contributed by atoms with E-state index in [9.17, 15) is 0 Å². The van der Waals surface area contributed by atoms with Gasteiger partial charge in [0.1, 0.15) is 10.8 Å². The van der Waals surface area contributed by atoms with Crippen LogP contribution in [-0.4, -0.2) is 21.9 Å². The molecule has 0 spiro atoms. The number of aromatic nitrogens is 2. The van der Waals surface area contributed by atoms with Crippen LogP contribution in [-0.2, 0) is 0 Å². The van der Waals surface area contributed by atoms with Gasteiger partial charge < -0.3 is 10.6 Å². The first-order valence-electron chi connectivity index (χ1n) is 7.09. The molecule has 0 radical (unpaired) electrons. The minimum absolute atomic E-state index is 0.618. The molecule has 3 rings (SSSR count). The van der Waals surface area contributed by atoms with Gasteiger partial charge in [0, 0.05) is 30.5 Å². The van der Waals surface area contributed by atoms with Crippen molar-refractivity contribution in [3.05, 3.63) is 24.5 Å². The minimum atomic E-state index is 0.618. The Morgan fingerprint density at radius 1 is 1.45 bits per heavy atom. The molecule has 20 heavy (non-hydrogen) atoms. The Labute approximate surface area is 123 Å². The molecule has 1 saturated carbocycles. The van der Waals surface area contributed by atoms with Gasteiger partial charge in [0.05, 0.1) is 5.56 Å². The van der Waals surface area contributed by atoms with Crippen molar-refractivity contribution < 1.29 is 0 Å². The highest BCUT2D eigenvalue weighted by Crippen LogP contribution is 2.43. The van der Waals surface area contributed by atoms with Gasteiger partial charge in [-0.3, -0.25) is 4.98 Å². The molecule has 2 aromatic heterocycles. The van der Waals surface area contributed by atoms with Gasteiger partial charge >= 0.3 is 0 Å². The second-order valence-electron chi connectivity index (χ2n) is 5.77. The van der Waals surface area contributed by atoms with Gasteiger partial charge in [0.15, 0.2) is 0 Å². The standard InChI is InChI=1S/C15H20N4S/c1-10(2)9-19(12-5-6-12)15-13(14(16)18-20-15)11-4-3-7-17-8-11/h3-4,7-8,10,12H,5-6,9H2,1-2H3,(H2,16,18). The number of nitrogen functional groups attached to an aromatic ring is 1. The van der Waals surface area contributed by atoms with E-state index in [4.69, 9.17) is 5.73 Å². The fourth-order valence-electron chi connectivity index (χ4n) is 2.45. The summed E-state index contributed by atoms with van der Waals surface area (Å²) in [6, 6.07) is 4.66. The van der Waals surface area contributed by atoms with Crippen molar-refractivity contribution in [2.24, 2.45) is 5.92 Å². The molecule has 5 heteroatoms. The minimum Gasteiger partial charge on any atom is -0.382 e. The molecule has 0 atom stereocenters. The Morgan fingerprint density at radius 3 is 2.85 bits per heavy atom. The summed E-state index contributed by atoms with van der Waals surface area (Å²) < 4.78 is 4.38. The molecule has 0 aromatic carbocycles. The van der Waals surface area contributed by atoms with Gasteiger partial charge in [-0.1, -0.05) is 19.9 Å². The van der Waals surface area contributed by atoms with E-state index in [-0.39, 0.29) is 0 Å². The summed E-state index contributed by atoms with van der Waals surface area (Å²) in [4.78, 5) is 6.69. The molecule has 2 N–H and O–H groups in total. The van der Waals surface area contributed by atoms with Crippen LogP contribution in [0.25, 0.3) is 11.1 Å². The molecule has 2 aromatic rings. The lowest BCUT2D eigenvalue weighted by Gasteiger charge is -2.25. The monoisotopic (exact) mass is 288 g/mol. The van der Waals surface area contributed by atoms with Crippen LogP contribution in [0.3, 0.4) is 0 Å². The third kappa shape index (κ3) is 2.63. The molecule has 106 valence electrons. The summed E-state index contributed by atoms with van der Waals surface area (Å²) in [7, 11) is 0. The summed E-state index contributed by atoms with van der Waals surface area (Å²) in [6.45, 7) is 5.56. The van der Waals surface area contributed by atoms with Gasteiger partial charge in [-0.25, -0.2) is 0 Å². The van der Waals surface area contributed by atoms with Crippen LogP contribution in [0, 0.1) is 5.92 Å². The highest BCUT2D eigenvalue weighted by atomic mass is 32.1. The number of nitrogens with two attached hydrogens (primary N) is 1.